The molecule has 1 aliphatic heterocycles. The van der Waals surface area contributed by atoms with Crippen LogP contribution in [-0.2, 0) is 27.2 Å². The molecule has 0 aromatic heterocycles. The van der Waals surface area contributed by atoms with Crippen molar-refractivity contribution in [2.45, 2.75) is 32.1 Å². The summed E-state index contributed by atoms with van der Waals surface area (Å²) in [5, 5.41) is 5.52. The maximum absolute atomic E-state index is 12.0. The van der Waals surface area contributed by atoms with Crippen LogP contribution >= 0.6 is 0 Å². The number of hydrogen-bond acceptors (Lipinski definition) is 3. The number of aryl methyl sites for hydroxylation is 2. The van der Waals surface area contributed by atoms with Crippen molar-refractivity contribution < 1.29 is 14.4 Å². The molecule has 0 radical (unpaired) electrons. The van der Waals surface area contributed by atoms with E-state index in [1.54, 1.807) is 0 Å². The van der Waals surface area contributed by atoms with Gasteiger partial charge in [0.25, 0.3) is 0 Å². The molecule has 23 heavy (non-hydrogen) atoms. The molecule has 1 fully saturated rings. The predicted molar refractivity (Wildman–Crippen MR) is 85.9 cm³/mol. The van der Waals surface area contributed by atoms with Crippen LogP contribution in [-0.4, -0.2) is 42.3 Å². The molecule has 122 valence electrons. The Bertz CT molecular complexity index is 642. The molecular formula is C17H21N3O3. The van der Waals surface area contributed by atoms with Gasteiger partial charge in [-0.15, -0.1) is 0 Å². The highest BCUT2D eigenvalue weighted by atomic mass is 16.2. The quantitative estimate of drug-likeness (QED) is 0.865. The van der Waals surface area contributed by atoms with Gasteiger partial charge in [-0.2, -0.15) is 0 Å². The van der Waals surface area contributed by atoms with E-state index in [1.165, 1.54) is 22.4 Å². The van der Waals surface area contributed by atoms with E-state index in [-0.39, 0.29) is 37.1 Å². The molecule has 0 unspecified atom stereocenters. The average molecular weight is 315 g/mol. The first-order valence-electron chi connectivity index (χ1n) is 8.08. The van der Waals surface area contributed by atoms with Gasteiger partial charge in [-0.3, -0.25) is 14.4 Å². The van der Waals surface area contributed by atoms with E-state index in [0.29, 0.717) is 13.1 Å². The third kappa shape index (κ3) is 3.88. The van der Waals surface area contributed by atoms with Crippen LogP contribution in [0.1, 0.15) is 30.4 Å². The van der Waals surface area contributed by atoms with Crippen LogP contribution in [0, 0.1) is 0 Å². The predicted octanol–water partition coefficient (Wildman–Crippen LogP) is 0.852. The summed E-state index contributed by atoms with van der Waals surface area (Å²) in [5.41, 5.74) is 3.46. The van der Waals surface area contributed by atoms with Crippen LogP contribution in [0.4, 0.5) is 5.69 Å². The smallest absolute Gasteiger partial charge is 0.239 e. The molecule has 1 aromatic carbocycles. The highest BCUT2D eigenvalue weighted by Crippen LogP contribution is 2.24. The van der Waals surface area contributed by atoms with E-state index in [0.717, 1.165) is 18.5 Å². The van der Waals surface area contributed by atoms with Crippen molar-refractivity contribution in [3.8, 4) is 0 Å². The van der Waals surface area contributed by atoms with Gasteiger partial charge in [0.15, 0.2) is 0 Å². The first-order chi connectivity index (χ1) is 11.1. The molecule has 0 bridgehead atoms. The van der Waals surface area contributed by atoms with Crippen molar-refractivity contribution in [1.29, 1.82) is 0 Å². The van der Waals surface area contributed by atoms with E-state index in [2.05, 4.69) is 16.7 Å². The molecule has 1 aliphatic carbocycles. The number of hydrogen-bond donors (Lipinski definition) is 2. The first-order valence-corrected chi connectivity index (χ1v) is 8.08. The molecule has 0 atom stereocenters. The molecule has 6 nitrogen and oxygen atoms in total. The largest absolute Gasteiger partial charge is 0.353 e. The van der Waals surface area contributed by atoms with Gasteiger partial charge >= 0.3 is 0 Å². The fraction of sp³-hybridized carbons (Fsp3) is 0.471. The van der Waals surface area contributed by atoms with Crippen LogP contribution in [0.2, 0.25) is 0 Å². The summed E-state index contributed by atoms with van der Waals surface area (Å²) in [6.07, 6.45) is 3.61. The number of amides is 3. The third-order valence-corrected chi connectivity index (χ3v) is 4.34. The Balaban J connectivity index is 1.47. The molecular weight excluding hydrogens is 294 g/mol. The SMILES string of the molecule is O=C1CN(C(=O)CCC(=O)Nc2ccc3c(c2)CCC3)CCN1. The number of piperazine rings is 1. The second-order valence-electron chi connectivity index (χ2n) is 6.05. The standard InChI is InChI=1S/C17H21N3O3/c21-15(6-7-17(23)20-9-8-18-16(22)11-20)19-14-5-4-12-2-1-3-13(12)10-14/h4-5,10H,1-3,6-9,11H2,(H,18,22)(H,19,21). The lowest BCUT2D eigenvalue weighted by Crippen LogP contribution is -2.50. The molecule has 2 aliphatic rings. The molecule has 1 aromatic rings. The lowest BCUT2D eigenvalue weighted by molar-refractivity contribution is -0.138. The average Bonchev–Trinajstić information content (AvgIpc) is 3.00. The van der Waals surface area contributed by atoms with Gasteiger partial charge in [0.1, 0.15) is 0 Å². The third-order valence-electron chi connectivity index (χ3n) is 4.34. The Morgan fingerprint density at radius 3 is 2.83 bits per heavy atom. The second-order valence-corrected chi connectivity index (χ2v) is 6.05. The minimum atomic E-state index is -0.169. The van der Waals surface area contributed by atoms with E-state index in [4.69, 9.17) is 0 Å². The monoisotopic (exact) mass is 315 g/mol. The van der Waals surface area contributed by atoms with Crippen molar-refractivity contribution in [3.63, 3.8) is 0 Å². The first kappa shape index (κ1) is 15.5. The van der Waals surface area contributed by atoms with Gasteiger partial charge in [0, 0.05) is 31.6 Å². The number of benzene rings is 1. The van der Waals surface area contributed by atoms with Crippen LogP contribution in [0.15, 0.2) is 18.2 Å². The van der Waals surface area contributed by atoms with Crippen LogP contribution in [0.5, 0.6) is 0 Å². The fourth-order valence-corrected chi connectivity index (χ4v) is 3.10. The van der Waals surface area contributed by atoms with Crippen molar-refractivity contribution >= 4 is 23.4 Å². The summed E-state index contributed by atoms with van der Waals surface area (Å²) in [7, 11) is 0. The maximum atomic E-state index is 12.0. The van der Waals surface area contributed by atoms with Crippen LogP contribution in [0.3, 0.4) is 0 Å². The van der Waals surface area contributed by atoms with Gasteiger partial charge in [-0.1, -0.05) is 6.07 Å². The van der Waals surface area contributed by atoms with E-state index in [9.17, 15) is 14.4 Å². The number of carbonyl (C=O) groups excluding carboxylic acids is 3. The number of nitrogens with zero attached hydrogens (tertiary/aromatic N) is 1. The van der Waals surface area contributed by atoms with Gasteiger partial charge in [-0.25, -0.2) is 0 Å². The molecule has 1 saturated heterocycles. The summed E-state index contributed by atoms with van der Waals surface area (Å²) in [6.45, 7) is 1.08. The Morgan fingerprint density at radius 1 is 1.17 bits per heavy atom. The summed E-state index contributed by atoms with van der Waals surface area (Å²) < 4.78 is 0. The van der Waals surface area contributed by atoms with E-state index in [1.807, 2.05) is 12.1 Å². The lowest BCUT2D eigenvalue weighted by atomic mass is 10.1. The van der Waals surface area contributed by atoms with Gasteiger partial charge in [0.05, 0.1) is 6.54 Å². The maximum Gasteiger partial charge on any atom is 0.239 e. The Labute approximate surface area is 135 Å². The normalized spacial score (nSPS) is 16.7. The molecule has 0 spiro atoms. The summed E-state index contributed by atoms with van der Waals surface area (Å²) in [4.78, 5) is 36.8. The number of carbonyl (C=O) groups is 3. The fourth-order valence-electron chi connectivity index (χ4n) is 3.10. The Morgan fingerprint density at radius 2 is 2.00 bits per heavy atom. The van der Waals surface area contributed by atoms with Crippen LogP contribution in [0.25, 0.3) is 0 Å². The zero-order valence-electron chi connectivity index (χ0n) is 13.1. The van der Waals surface area contributed by atoms with E-state index >= 15 is 0 Å². The van der Waals surface area contributed by atoms with Crippen molar-refractivity contribution in [3.05, 3.63) is 29.3 Å². The zero-order valence-corrected chi connectivity index (χ0v) is 13.1. The topological polar surface area (TPSA) is 78.5 Å². The highest BCUT2D eigenvalue weighted by molar-refractivity contribution is 5.94. The lowest BCUT2D eigenvalue weighted by Gasteiger charge is -2.26. The van der Waals surface area contributed by atoms with Crippen LogP contribution < -0.4 is 10.6 Å². The number of rotatable bonds is 4. The number of fused-ring (bicyclic) bond motifs is 1. The summed E-state index contributed by atoms with van der Waals surface area (Å²) >= 11 is 0. The minimum absolute atomic E-state index is 0.0886. The molecule has 3 rings (SSSR count). The van der Waals surface area contributed by atoms with E-state index < -0.39 is 0 Å². The van der Waals surface area contributed by atoms with Crippen molar-refractivity contribution in [2.75, 3.05) is 25.0 Å². The van der Waals surface area contributed by atoms with Gasteiger partial charge in [-0.05, 0) is 42.5 Å². The molecule has 1 heterocycles. The Kier molecular flexibility index (Phi) is 4.60. The Hall–Kier alpha value is -2.37. The number of nitrogens with one attached hydrogen (secondary N) is 2. The van der Waals surface area contributed by atoms with Gasteiger partial charge in [0.2, 0.25) is 17.7 Å². The van der Waals surface area contributed by atoms with Crippen molar-refractivity contribution in [2.24, 2.45) is 0 Å². The molecule has 0 saturated carbocycles. The number of anilines is 1. The zero-order chi connectivity index (χ0) is 16.2. The summed E-state index contributed by atoms with van der Waals surface area (Å²) in [6, 6.07) is 6.01. The molecule has 2 N–H and O–H groups in total. The molecule has 3 amide bonds. The van der Waals surface area contributed by atoms with Crippen molar-refractivity contribution in [1.82, 2.24) is 10.2 Å². The second kappa shape index (κ2) is 6.81. The summed E-state index contributed by atoms with van der Waals surface area (Å²) in [5.74, 6) is -0.464. The highest BCUT2D eigenvalue weighted by Gasteiger charge is 2.21. The van der Waals surface area contributed by atoms with Gasteiger partial charge < -0.3 is 15.5 Å². The molecule has 6 heteroatoms. The minimum Gasteiger partial charge on any atom is -0.353 e.